The lowest BCUT2D eigenvalue weighted by Crippen LogP contribution is -2.45. The molecule has 0 saturated heterocycles. The average molecular weight is 441 g/mol. The van der Waals surface area contributed by atoms with Gasteiger partial charge in [-0.3, -0.25) is 9.69 Å². The van der Waals surface area contributed by atoms with E-state index in [1.165, 1.54) is 24.0 Å². The van der Waals surface area contributed by atoms with E-state index in [1.807, 2.05) is 6.07 Å². The largest absolute Gasteiger partial charge is 0.373 e. The summed E-state index contributed by atoms with van der Waals surface area (Å²) >= 11 is 0. The van der Waals surface area contributed by atoms with Crippen LogP contribution in [0.25, 0.3) is 16.6 Å². The Hall–Kier alpha value is -2.92. The fourth-order valence-corrected chi connectivity index (χ4v) is 6.17. The number of ketones is 1. The smallest absolute Gasteiger partial charge is 0.134 e. The van der Waals surface area contributed by atoms with Crippen LogP contribution in [0.3, 0.4) is 0 Å². The first kappa shape index (κ1) is 20.7. The number of unbranched alkanes of at least 4 members (excludes halogenated alkanes) is 1. The zero-order valence-electron chi connectivity index (χ0n) is 19.2. The molecule has 1 aromatic carbocycles. The van der Waals surface area contributed by atoms with E-state index < -0.39 is 0 Å². The molecule has 0 amide bonds. The summed E-state index contributed by atoms with van der Waals surface area (Å²) < 4.78 is 0. The van der Waals surface area contributed by atoms with Crippen LogP contribution in [0.2, 0.25) is 0 Å². The van der Waals surface area contributed by atoms with Gasteiger partial charge >= 0.3 is 0 Å². The number of aromatic nitrogens is 2. The fraction of sp³-hybridized carbons (Fsp3) is 0.429. The monoisotopic (exact) mass is 440 g/mol. The number of imidazole rings is 1. The maximum Gasteiger partial charge on any atom is 0.134 e. The van der Waals surface area contributed by atoms with Gasteiger partial charge in [0.15, 0.2) is 0 Å². The molecule has 4 aliphatic rings. The van der Waals surface area contributed by atoms with Gasteiger partial charge < -0.3 is 9.88 Å². The molecule has 1 saturated carbocycles. The second-order valence-corrected chi connectivity index (χ2v) is 9.94. The van der Waals surface area contributed by atoms with Crippen LogP contribution in [-0.4, -0.2) is 57.8 Å². The molecule has 2 atom stereocenters. The number of H-pyrrole nitrogens is 1. The summed E-state index contributed by atoms with van der Waals surface area (Å²) in [7, 11) is 0. The van der Waals surface area contributed by atoms with Gasteiger partial charge in [0.1, 0.15) is 11.6 Å². The van der Waals surface area contributed by atoms with Gasteiger partial charge in [-0.15, -0.1) is 0 Å². The molecular weight excluding hydrogens is 408 g/mol. The Kier molecular flexibility index (Phi) is 5.30. The molecule has 2 unspecified atom stereocenters. The van der Waals surface area contributed by atoms with Crippen molar-refractivity contribution in [3.63, 3.8) is 0 Å². The van der Waals surface area contributed by atoms with Crippen molar-refractivity contribution in [3.05, 3.63) is 72.2 Å². The minimum Gasteiger partial charge on any atom is -0.373 e. The third-order valence-electron chi connectivity index (χ3n) is 7.93. The van der Waals surface area contributed by atoms with Crippen molar-refractivity contribution in [2.75, 3.05) is 26.2 Å². The Balaban J connectivity index is 1.01. The quantitative estimate of drug-likeness (QED) is 0.652. The van der Waals surface area contributed by atoms with Crippen molar-refractivity contribution in [1.82, 2.24) is 19.8 Å². The average Bonchev–Trinajstić information content (AvgIpc) is 3.41. The number of carbonyl (C=O) groups is 1. The molecule has 2 aromatic rings. The predicted molar refractivity (Wildman–Crippen MR) is 133 cm³/mol. The molecule has 170 valence electrons. The van der Waals surface area contributed by atoms with Gasteiger partial charge in [0.2, 0.25) is 0 Å². The minimum atomic E-state index is -0.0607. The van der Waals surface area contributed by atoms with Crippen LogP contribution in [0, 0.1) is 5.41 Å². The van der Waals surface area contributed by atoms with Gasteiger partial charge in [0.25, 0.3) is 0 Å². The summed E-state index contributed by atoms with van der Waals surface area (Å²) in [5.41, 5.74) is 4.77. The lowest BCUT2D eigenvalue weighted by Gasteiger charge is -2.42. The van der Waals surface area contributed by atoms with Crippen molar-refractivity contribution >= 4 is 22.4 Å². The van der Waals surface area contributed by atoms with Crippen molar-refractivity contribution in [2.45, 2.75) is 44.6 Å². The van der Waals surface area contributed by atoms with Gasteiger partial charge in [-0.05, 0) is 55.5 Å². The number of para-hydroxylation sites is 2. The molecule has 33 heavy (non-hydrogen) atoms. The number of allylic oxidation sites excluding steroid dienone is 3. The highest BCUT2D eigenvalue weighted by Gasteiger charge is 2.50. The van der Waals surface area contributed by atoms with E-state index in [9.17, 15) is 4.79 Å². The molecule has 1 spiro atoms. The molecular formula is C28H32N4O. The molecule has 0 radical (unpaired) electrons. The maximum absolute atomic E-state index is 12.2. The lowest BCUT2D eigenvalue weighted by molar-refractivity contribution is -0.123. The fourth-order valence-electron chi connectivity index (χ4n) is 6.17. The molecule has 1 aromatic heterocycles. The van der Waals surface area contributed by atoms with Crippen LogP contribution in [0.4, 0.5) is 0 Å². The van der Waals surface area contributed by atoms with E-state index in [-0.39, 0.29) is 5.41 Å². The van der Waals surface area contributed by atoms with E-state index in [2.05, 4.69) is 69.6 Å². The van der Waals surface area contributed by atoms with Crippen LogP contribution < -0.4 is 0 Å². The van der Waals surface area contributed by atoms with E-state index in [4.69, 9.17) is 4.98 Å². The van der Waals surface area contributed by atoms with Gasteiger partial charge in [0, 0.05) is 50.1 Å². The standard InChI is InChI=1S/C28H32N4O/c33-23-10-11-26-28(19-23)14-4-3-7-22(28)20-32(26)16-6-5-15-31-17-12-21(13-18-31)27-29-24-8-1-2-9-25(24)30-27/h1-4,7-9,12,14,20,26H,5-6,10-11,13,15-19H2,(H,29,30). The molecule has 5 nitrogen and oxygen atoms in total. The zero-order chi connectivity index (χ0) is 22.3. The maximum atomic E-state index is 12.2. The number of fused-ring (bicyclic) bond motifs is 1. The molecule has 2 aliphatic heterocycles. The van der Waals surface area contributed by atoms with E-state index >= 15 is 0 Å². The Morgan fingerprint density at radius 3 is 2.91 bits per heavy atom. The zero-order valence-corrected chi connectivity index (χ0v) is 19.2. The van der Waals surface area contributed by atoms with Crippen molar-refractivity contribution in [3.8, 4) is 0 Å². The lowest BCUT2D eigenvalue weighted by atomic mass is 9.65. The van der Waals surface area contributed by atoms with Crippen LogP contribution in [0.15, 0.2) is 66.4 Å². The van der Waals surface area contributed by atoms with Crippen LogP contribution in [0.5, 0.6) is 0 Å². The first-order valence-corrected chi connectivity index (χ1v) is 12.4. The normalized spacial score (nSPS) is 27.0. The van der Waals surface area contributed by atoms with Crippen LogP contribution >= 0.6 is 0 Å². The summed E-state index contributed by atoms with van der Waals surface area (Å²) in [6.45, 7) is 4.33. The van der Waals surface area contributed by atoms with E-state index in [1.54, 1.807) is 0 Å². The number of hydrogen-bond donors (Lipinski definition) is 1. The second-order valence-electron chi connectivity index (χ2n) is 9.94. The molecule has 1 fully saturated rings. The van der Waals surface area contributed by atoms with Crippen LogP contribution in [0.1, 0.15) is 44.3 Å². The summed E-state index contributed by atoms with van der Waals surface area (Å²) in [4.78, 5) is 25.6. The highest BCUT2D eigenvalue weighted by Crippen LogP contribution is 2.51. The van der Waals surface area contributed by atoms with Gasteiger partial charge in [-0.2, -0.15) is 0 Å². The van der Waals surface area contributed by atoms with Crippen molar-refractivity contribution in [2.24, 2.45) is 5.41 Å². The minimum absolute atomic E-state index is 0.0607. The SMILES string of the molecule is O=C1CCC2N(CCCCN3CC=C(c4nc5ccccc5[nH]4)CC3)C=C3C=CC=CC32C1. The third-order valence-corrected chi connectivity index (χ3v) is 7.93. The Bertz CT molecular complexity index is 1150. The van der Waals surface area contributed by atoms with Gasteiger partial charge in [-0.25, -0.2) is 4.98 Å². The summed E-state index contributed by atoms with van der Waals surface area (Å²) in [5.74, 6) is 1.45. The van der Waals surface area contributed by atoms with E-state index in [0.717, 1.165) is 62.3 Å². The third kappa shape index (κ3) is 3.78. The second kappa shape index (κ2) is 8.45. The van der Waals surface area contributed by atoms with Crippen molar-refractivity contribution < 1.29 is 4.79 Å². The summed E-state index contributed by atoms with van der Waals surface area (Å²) in [5, 5.41) is 0. The Morgan fingerprint density at radius 1 is 1.12 bits per heavy atom. The number of rotatable bonds is 6. The number of carbonyl (C=O) groups excluding carboxylic acids is 1. The molecule has 6 rings (SSSR count). The van der Waals surface area contributed by atoms with Gasteiger partial charge in [-0.1, -0.05) is 42.5 Å². The van der Waals surface area contributed by atoms with E-state index in [0.29, 0.717) is 18.2 Å². The topological polar surface area (TPSA) is 52.2 Å². The summed E-state index contributed by atoms with van der Waals surface area (Å²) in [6.07, 6.45) is 19.3. The molecule has 2 aliphatic carbocycles. The number of nitrogens with zero attached hydrogens (tertiary/aromatic N) is 3. The highest BCUT2D eigenvalue weighted by atomic mass is 16.1. The molecule has 3 heterocycles. The number of aromatic amines is 1. The first-order chi connectivity index (χ1) is 16.2. The number of nitrogens with one attached hydrogen (secondary N) is 1. The molecule has 0 bridgehead atoms. The number of benzene rings is 1. The predicted octanol–water partition coefficient (Wildman–Crippen LogP) is 4.87. The Morgan fingerprint density at radius 2 is 2.03 bits per heavy atom. The molecule has 5 heteroatoms. The highest BCUT2D eigenvalue weighted by molar-refractivity contribution is 5.82. The molecule has 1 N–H and O–H groups in total. The summed E-state index contributed by atoms with van der Waals surface area (Å²) in [6, 6.07) is 8.70. The van der Waals surface area contributed by atoms with Crippen LogP contribution in [-0.2, 0) is 4.79 Å². The Labute approximate surface area is 195 Å². The van der Waals surface area contributed by atoms with Gasteiger partial charge in [0.05, 0.1) is 11.0 Å². The number of Topliss-reactive ketones (excluding diaryl/α,β-unsaturated/α-hetero) is 1. The first-order valence-electron chi connectivity index (χ1n) is 12.4. The van der Waals surface area contributed by atoms with Crippen molar-refractivity contribution in [1.29, 1.82) is 0 Å². The number of hydrogen-bond acceptors (Lipinski definition) is 4.